The molecule has 0 saturated carbocycles. The fourth-order valence-corrected chi connectivity index (χ4v) is 8.24. The third-order valence-corrected chi connectivity index (χ3v) is 11.0. The molecule has 1 unspecified atom stereocenters. The van der Waals surface area contributed by atoms with Crippen molar-refractivity contribution in [3.05, 3.63) is 112 Å². The number of quaternary nitrogens is 1. The van der Waals surface area contributed by atoms with Crippen LogP contribution in [0.4, 0.5) is 11.5 Å². The molecule has 0 spiro atoms. The van der Waals surface area contributed by atoms with Crippen LogP contribution in [0.3, 0.4) is 0 Å². The minimum atomic E-state index is -1.54. The molecular formula is C41H38N7O10+. The van der Waals surface area contributed by atoms with Crippen LogP contribution in [0.25, 0.3) is 0 Å². The zero-order valence-corrected chi connectivity index (χ0v) is 30.8. The number of carbonyl (C=O) groups is 3. The van der Waals surface area contributed by atoms with Crippen LogP contribution >= 0.6 is 0 Å². The van der Waals surface area contributed by atoms with E-state index in [9.17, 15) is 29.7 Å². The number of phenols is 1. The van der Waals surface area contributed by atoms with Gasteiger partial charge in [-0.2, -0.15) is 4.99 Å². The number of amidine groups is 1. The topological polar surface area (TPSA) is 253 Å². The van der Waals surface area contributed by atoms with Gasteiger partial charge in [0.1, 0.15) is 35.9 Å². The lowest BCUT2D eigenvalue weighted by molar-refractivity contribution is -0.723. The fraction of sp³-hybridized carbons (Fsp3) is 0.293. The molecule has 296 valence electrons. The van der Waals surface area contributed by atoms with Gasteiger partial charge in [-0.05, 0) is 42.7 Å². The average Bonchev–Trinajstić information content (AvgIpc) is 3.63. The number of hydrogen-bond acceptors (Lipinski definition) is 14. The van der Waals surface area contributed by atoms with Crippen LogP contribution < -0.4 is 20.7 Å². The number of hydrogen-bond donors (Lipinski definition) is 7. The molecule has 8 N–H and O–H groups in total. The number of phenolic OH excluding ortho intramolecular Hbond substituents is 1. The monoisotopic (exact) mass is 788 g/mol. The van der Waals surface area contributed by atoms with Gasteiger partial charge in [0.15, 0.2) is 29.7 Å². The number of aromatic hydroxyl groups is 1. The van der Waals surface area contributed by atoms with Gasteiger partial charge in [-0.15, -0.1) is 0 Å². The summed E-state index contributed by atoms with van der Waals surface area (Å²) < 4.78 is 25.1. The Morgan fingerprint density at radius 2 is 1.74 bits per heavy atom. The minimum absolute atomic E-state index is 0.0349. The highest BCUT2D eigenvalue weighted by molar-refractivity contribution is 6.68. The molecule has 1 fully saturated rings. The molecule has 1 amide bonds. The van der Waals surface area contributed by atoms with Crippen molar-refractivity contribution in [2.24, 2.45) is 9.98 Å². The Morgan fingerprint density at radius 1 is 0.966 bits per heavy atom. The van der Waals surface area contributed by atoms with Crippen LogP contribution in [0.2, 0.25) is 0 Å². The number of aliphatic imine (C=N–C) groups is 2. The number of aliphatic hydroxyl groups excluding tert-OH is 2. The molecule has 4 aliphatic heterocycles. The Labute approximate surface area is 330 Å². The maximum absolute atomic E-state index is 14.2. The van der Waals surface area contributed by atoms with E-state index in [1.165, 1.54) is 12.1 Å². The van der Waals surface area contributed by atoms with Gasteiger partial charge < -0.3 is 40.0 Å². The number of fused-ring (bicyclic) bond motifs is 6. The van der Waals surface area contributed by atoms with Crippen molar-refractivity contribution in [2.75, 3.05) is 32.2 Å². The number of ether oxygens (including phenoxy) is 4. The van der Waals surface area contributed by atoms with Crippen LogP contribution in [-0.4, -0.2) is 112 Å². The number of aliphatic hydroxyl groups is 2. The second-order valence-electron chi connectivity index (χ2n) is 14.5. The van der Waals surface area contributed by atoms with Crippen molar-refractivity contribution < 1.29 is 53.6 Å². The molecule has 3 aromatic carbocycles. The first-order valence-electron chi connectivity index (χ1n) is 18.7. The van der Waals surface area contributed by atoms with Crippen molar-refractivity contribution in [2.45, 2.75) is 49.5 Å². The Hall–Kier alpha value is -6.21. The van der Waals surface area contributed by atoms with E-state index in [1.807, 2.05) is 24.3 Å². The molecule has 4 aromatic rings. The summed E-state index contributed by atoms with van der Waals surface area (Å²) in [6.45, 7) is 0.0475. The number of para-hydroxylation sites is 1. The molecule has 1 aromatic heterocycles. The summed E-state index contributed by atoms with van der Waals surface area (Å²) in [5.41, 5.74) is 8.35. The van der Waals surface area contributed by atoms with Crippen LogP contribution in [0, 0.1) is 5.41 Å². The number of guanidine groups is 1. The Morgan fingerprint density at radius 3 is 2.55 bits per heavy atom. The Kier molecular flexibility index (Phi) is 9.63. The predicted molar refractivity (Wildman–Crippen MR) is 205 cm³/mol. The summed E-state index contributed by atoms with van der Waals surface area (Å²) in [5.74, 6) is -2.89. The Balaban J connectivity index is 1.18. The normalized spacial score (nSPS) is 26.5. The maximum atomic E-state index is 14.2. The molecule has 58 heavy (non-hydrogen) atoms. The van der Waals surface area contributed by atoms with Crippen molar-refractivity contribution >= 4 is 46.5 Å². The lowest BCUT2D eigenvalue weighted by Gasteiger charge is -2.42. The standard InChI is InChI=1S/C41H37N7O10/c42-28-15-19(9-12-44-28)10-14-56-37-35(53)33(51)27-17-55-13-11-20(21-5-3-4-8-26(21)48-18-45-30-38(48)46-41(43)47-39(30)54)24-16-25-29(34(52)36(24)58-40(37)57-27)32(50)23-7-2-1-6-22(23)31(25)49/h1-9,12,15-16,20,27,33,35,37,40,51-53H,10-11,13-14,17-18H2,(H2,42,44)(H2,43,47,54)/p+1/t20-,27+,33+,35-,37+,40-/m1/s1. The highest BCUT2D eigenvalue weighted by Gasteiger charge is 2.49. The molecule has 1 aliphatic carbocycles. The summed E-state index contributed by atoms with van der Waals surface area (Å²) >= 11 is 0. The third kappa shape index (κ3) is 6.43. The third-order valence-electron chi connectivity index (χ3n) is 11.0. The van der Waals surface area contributed by atoms with E-state index in [4.69, 9.17) is 30.1 Å². The second-order valence-corrected chi connectivity index (χ2v) is 14.5. The number of rotatable bonds is 6. The van der Waals surface area contributed by atoms with Crippen LogP contribution in [-0.2, 0) is 25.4 Å². The van der Waals surface area contributed by atoms with E-state index >= 15 is 0 Å². The number of pyridine rings is 1. The van der Waals surface area contributed by atoms with Crippen molar-refractivity contribution in [3.8, 4) is 11.5 Å². The van der Waals surface area contributed by atoms with Gasteiger partial charge in [0.05, 0.1) is 18.8 Å². The predicted octanol–water partition coefficient (Wildman–Crippen LogP) is 0.542. The van der Waals surface area contributed by atoms with Crippen molar-refractivity contribution in [3.63, 3.8) is 0 Å². The quantitative estimate of drug-likeness (QED) is 0.125. The first-order chi connectivity index (χ1) is 28.1. The van der Waals surface area contributed by atoms with Crippen molar-refractivity contribution in [1.29, 1.82) is 5.41 Å². The highest BCUT2D eigenvalue weighted by Crippen LogP contribution is 2.48. The number of nitrogens with zero attached hydrogens (tertiary/aromatic N) is 3. The van der Waals surface area contributed by atoms with Gasteiger partial charge in [0.25, 0.3) is 11.7 Å². The largest absolute Gasteiger partial charge is 0.504 e. The smallest absolute Gasteiger partial charge is 0.284 e. The lowest BCUT2D eigenvalue weighted by atomic mass is 9.79. The number of nitrogens with one attached hydrogen (secondary N) is 3. The number of nitrogen functional groups attached to an aromatic ring is 1. The molecule has 0 radical (unpaired) electrons. The Bertz CT molecular complexity index is 2450. The first kappa shape index (κ1) is 37.4. The average molecular weight is 789 g/mol. The van der Waals surface area contributed by atoms with Gasteiger partial charge in [-0.25, -0.2) is 14.9 Å². The number of ketones is 2. The van der Waals surface area contributed by atoms with E-state index in [-0.39, 0.29) is 84.0 Å². The summed E-state index contributed by atoms with van der Waals surface area (Å²) in [5, 5.41) is 45.5. The van der Waals surface area contributed by atoms with Gasteiger partial charge in [0, 0.05) is 46.5 Å². The second kappa shape index (κ2) is 14.9. The van der Waals surface area contributed by atoms with Gasteiger partial charge >= 0.3 is 0 Å². The van der Waals surface area contributed by atoms with Crippen LogP contribution in [0.5, 0.6) is 11.5 Å². The SMILES string of the molecule is N=C1N=C2C(=NC[NH+]2c2ccccc2[C@H]2CCOC[C@@H]3O[C@H](Oc4c2cc2c(c4O)C(=O)c4ccccc4C2=O)[C@@H](OCCc2ccnc(N)c2)[C@H](O)[C@H]3O)C(=O)N1. The highest BCUT2D eigenvalue weighted by atomic mass is 16.7. The molecule has 17 nitrogen and oxygen atoms in total. The van der Waals surface area contributed by atoms with Crippen molar-refractivity contribution in [1.82, 2.24) is 10.3 Å². The molecule has 5 aliphatic rings. The summed E-state index contributed by atoms with van der Waals surface area (Å²) in [7, 11) is 0. The van der Waals surface area contributed by atoms with E-state index in [0.717, 1.165) is 5.56 Å². The molecular weight excluding hydrogens is 750 g/mol. The molecule has 9 rings (SSSR count). The first-order valence-corrected chi connectivity index (χ1v) is 18.7. The van der Waals surface area contributed by atoms with Gasteiger partial charge in [0.2, 0.25) is 18.0 Å². The van der Waals surface area contributed by atoms with E-state index < -0.39 is 59.8 Å². The van der Waals surface area contributed by atoms with E-state index in [0.29, 0.717) is 28.4 Å². The van der Waals surface area contributed by atoms with E-state index in [2.05, 4.69) is 20.3 Å². The summed E-state index contributed by atoms with van der Waals surface area (Å²) in [6, 6.07) is 18.6. The number of benzene rings is 3. The fourth-order valence-electron chi connectivity index (χ4n) is 8.24. The molecule has 5 heterocycles. The molecule has 2 bridgehead atoms. The van der Waals surface area contributed by atoms with Gasteiger partial charge in [-0.3, -0.25) is 25.1 Å². The number of nitrogens with two attached hydrogens (primary N) is 1. The summed E-state index contributed by atoms with van der Waals surface area (Å²) in [4.78, 5) is 54.4. The molecule has 17 heteroatoms. The zero-order chi connectivity index (χ0) is 40.2. The van der Waals surface area contributed by atoms with Crippen LogP contribution in [0.15, 0.2) is 82.9 Å². The summed E-state index contributed by atoms with van der Waals surface area (Å²) in [6.07, 6.45) is -4.71. The van der Waals surface area contributed by atoms with Gasteiger partial charge in [-0.1, -0.05) is 42.5 Å². The molecule has 1 saturated heterocycles. The van der Waals surface area contributed by atoms with E-state index in [1.54, 1.807) is 36.5 Å². The number of aromatic nitrogens is 1. The minimum Gasteiger partial charge on any atom is -0.504 e. The maximum Gasteiger partial charge on any atom is 0.284 e. The number of amides is 1. The number of carbonyl (C=O) groups excluding carboxylic acids is 3. The number of anilines is 1. The van der Waals surface area contributed by atoms with Crippen LogP contribution in [0.1, 0.15) is 60.9 Å². The lowest BCUT2D eigenvalue weighted by Crippen LogP contribution is -3.09. The molecule has 7 atom stereocenters. The zero-order valence-electron chi connectivity index (χ0n) is 30.8.